The van der Waals surface area contributed by atoms with Gasteiger partial charge in [0.05, 0.1) is 11.0 Å². The summed E-state index contributed by atoms with van der Waals surface area (Å²) in [6.45, 7) is 0. The average Bonchev–Trinajstić information content (AvgIpc) is 3.11. The third-order valence-corrected chi connectivity index (χ3v) is 4.50. The molecule has 1 heterocycles. The van der Waals surface area contributed by atoms with Gasteiger partial charge < -0.3 is 0 Å². The summed E-state index contributed by atoms with van der Waals surface area (Å²) < 4.78 is 1.66. The van der Waals surface area contributed by atoms with Gasteiger partial charge in [0, 0.05) is 12.3 Å². The Bertz CT molecular complexity index is 951. The maximum Gasteiger partial charge on any atom is 0.233 e. The van der Waals surface area contributed by atoms with Crippen molar-refractivity contribution >= 4 is 16.9 Å². The van der Waals surface area contributed by atoms with E-state index in [1.54, 1.807) is 10.9 Å². The van der Waals surface area contributed by atoms with Gasteiger partial charge in [-0.3, -0.25) is 9.36 Å². The van der Waals surface area contributed by atoms with Crippen LogP contribution in [0.1, 0.15) is 28.3 Å². The molecule has 0 aliphatic rings. The lowest BCUT2D eigenvalue weighted by atomic mass is 9.88. The number of hydrogen-bond donors (Lipinski definition) is 0. The second kappa shape index (κ2) is 6.73. The zero-order chi connectivity index (χ0) is 17.1. The van der Waals surface area contributed by atoms with Crippen molar-refractivity contribution in [1.82, 2.24) is 9.55 Å². The van der Waals surface area contributed by atoms with Crippen LogP contribution >= 0.6 is 0 Å². The highest BCUT2D eigenvalue weighted by Gasteiger charge is 2.20. The predicted octanol–water partition coefficient (Wildman–Crippen LogP) is 4.90. The number of benzene rings is 3. The minimum atomic E-state index is 0.0241. The minimum absolute atomic E-state index is 0.0241. The molecule has 0 radical (unpaired) electrons. The second-order valence-corrected chi connectivity index (χ2v) is 6.08. The molecule has 0 saturated heterocycles. The fourth-order valence-corrected chi connectivity index (χ4v) is 3.23. The molecule has 3 aromatic carbocycles. The van der Waals surface area contributed by atoms with Crippen LogP contribution in [-0.4, -0.2) is 15.5 Å². The molecule has 0 atom stereocenters. The minimum Gasteiger partial charge on any atom is -0.274 e. The summed E-state index contributed by atoms with van der Waals surface area (Å²) in [7, 11) is 0. The Morgan fingerprint density at radius 1 is 0.800 bits per heavy atom. The Morgan fingerprint density at radius 2 is 1.36 bits per heavy atom. The summed E-state index contributed by atoms with van der Waals surface area (Å²) >= 11 is 0. The third kappa shape index (κ3) is 3.09. The molecule has 1 aromatic heterocycles. The highest BCUT2D eigenvalue weighted by molar-refractivity contribution is 5.90. The summed E-state index contributed by atoms with van der Waals surface area (Å²) in [5.41, 5.74) is 3.98. The SMILES string of the molecule is O=C(CC(c1ccccc1)c1ccccc1)n1cnc2ccccc21. The zero-order valence-corrected chi connectivity index (χ0v) is 13.7. The van der Waals surface area contributed by atoms with E-state index in [1.165, 1.54) is 0 Å². The number of para-hydroxylation sites is 2. The van der Waals surface area contributed by atoms with Gasteiger partial charge in [-0.15, -0.1) is 0 Å². The molecule has 4 rings (SSSR count). The van der Waals surface area contributed by atoms with Gasteiger partial charge in [0.1, 0.15) is 6.33 Å². The highest BCUT2D eigenvalue weighted by Crippen LogP contribution is 2.29. The van der Waals surface area contributed by atoms with Crippen molar-refractivity contribution in [2.24, 2.45) is 0 Å². The van der Waals surface area contributed by atoms with Crippen molar-refractivity contribution < 1.29 is 4.79 Å². The Hall–Kier alpha value is -3.20. The summed E-state index contributed by atoms with van der Waals surface area (Å²) in [4.78, 5) is 17.3. The maximum atomic E-state index is 13.0. The van der Waals surface area contributed by atoms with Gasteiger partial charge in [0.25, 0.3) is 0 Å². The summed E-state index contributed by atoms with van der Waals surface area (Å²) in [5.74, 6) is 0.0717. The van der Waals surface area contributed by atoms with E-state index in [4.69, 9.17) is 0 Å². The van der Waals surface area contributed by atoms with E-state index in [0.717, 1.165) is 22.2 Å². The van der Waals surface area contributed by atoms with Crippen molar-refractivity contribution in [2.45, 2.75) is 12.3 Å². The lowest BCUT2D eigenvalue weighted by Crippen LogP contribution is -2.15. The number of fused-ring (bicyclic) bond motifs is 1. The summed E-state index contributed by atoms with van der Waals surface area (Å²) in [5, 5.41) is 0. The Balaban J connectivity index is 1.70. The third-order valence-electron chi connectivity index (χ3n) is 4.50. The molecule has 0 unspecified atom stereocenters. The van der Waals surface area contributed by atoms with Crippen molar-refractivity contribution in [3.05, 3.63) is 102 Å². The summed E-state index contributed by atoms with van der Waals surface area (Å²) in [6.07, 6.45) is 2.02. The predicted molar refractivity (Wildman–Crippen MR) is 99.7 cm³/mol. The molecule has 25 heavy (non-hydrogen) atoms. The van der Waals surface area contributed by atoms with E-state index in [-0.39, 0.29) is 11.8 Å². The Morgan fingerprint density at radius 3 is 2.00 bits per heavy atom. The molecule has 122 valence electrons. The quantitative estimate of drug-likeness (QED) is 0.535. The van der Waals surface area contributed by atoms with E-state index in [2.05, 4.69) is 29.2 Å². The molecule has 3 nitrogen and oxygen atoms in total. The van der Waals surface area contributed by atoms with Crippen LogP contribution in [0.15, 0.2) is 91.3 Å². The lowest BCUT2D eigenvalue weighted by Gasteiger charge is -2.17. The van der Waals surface area contributed by atoms with Crippen LogP contribution in [0.3, 0.4) is 0 Å². The molecule has 0 aliphatic carbocycles. The Labute approximate surface area is 146 Å². The fraction of sp³-hybridized carbons (Fsp3) is 0.0909. The van der Waals surface area contributed by atoms with Gasteiger partial charge in [0.15, 0.2) is 0 Å². The van der Waals surface area contributed by atoms with Gasteiger partial charge in [-0.1, -0.05) is 72.8 Å². The largest absolute Gasteiger partial charge is 0.274 e. The molecule has 0 fully saturated rings. The van der Waals surface area contributed by atoms with Crippen LogP contribution < -0.4 is 0 Å². The number of carbonyl (C=O) groups excluding carboxylic acids is 1. The first-order valence-corrected chi connectivity index (χ1v) is 8.38. The smallest absolute Gasteiger partial charge is 0.233 e. The normalized spacial score (nSPS) is 11.1. The van der Waals surface area contributed by atoms with E-state index < -0.39 is 0 Å². The van der Waals surface area contributed by atoms with Gasteiger partial charge >= 0.3 is 0 Å². The number of nitrogens with zero attached hydrogens (tertiary/aromatic N) is 2. The zero-order valence-electron chi connectivity index (χ0n) is 13.7. The first-order chi connectivity index (χ1) is 12.3. The first kappa shape index (κ1) is 15.3. The molecule has 0 aliphatic heterocycles. The van der Waals surface area contributed by atoms with Crippen molar-refractivity contribution in [3.8, 4) is 0 Å². The molecular weight excluding hydrogens is 308 g/mol. The fourth-order valence-electron chi connectivity index (χ4n) is 3.23. The van der Waals surface area contributed by atoms with Crippen molar-refractivity contribution in [3.63, 3.8) is 0 Å². The molecule has 3 heteroatoms. The molecular formula is C22H18N2O. The van der Waals surface area contributed by atoms with Gasteiger partial charge in [-0.2, -0.15) is 0 Å². The lowest BCUT2D eigenvalue weighted by molar-refractivity contribution is 0.0902. The van der Waals surface area contributed by atoms with Crippen LogP contribution in [0.2, 0.25) is 0 Å². The Kier molecular flexibility index (Phi) is 4.13. The maximum absolute atomic E-state index is 13.0. The summed E-state index contributed by atoms with van der Waals surface area (Å²) in [6, 6.07) is 28.1. The molecule has 4 aromatic rings. The van der Waals surface area contributed by atoms with Crippen LogP contribution in [0.4, 0.5) is 0 Å². The first-order valence-electron chi connectivity index (χ1n) is 8.38. The molecule has 0 amide bonds. The van der Waals surface area contributed by atoms with Crippen LogP contribution in [0.5, 0.6) is 0 Å². The number of hydrogen-bond acceptors (Lipinski definition) is 2. The molecule has 0 saturated carbocycles. The average molecular weight is 326 g/mol. The molecule has 0 bridgehead atoms. The van der Waals surface area contributed by atoms with Crippen LogP contribution in [0, 0.1) is 0 Å². The number of carbonyl (C=O) groups is 1. The van der Waals surface area contributed by atoms with E-state index in [1.807, 2.05) is 60.7 Å². The molecule has 0 spiro atoms. The van der Waals surface area contributed by atoms with E-state index >= 15 is 0 Å². The highest BCUT2D eigenvalue weighted by atomic mass is 16.2. The number of rotatable bonds is 4. The van der Waals surface area contributed by atoms with Crippen LogP contribution in [0.25, 0.3) is 11.0 Å². The monoisotopic (exact) mass is 326 g/mol. The topological polar surface area (TPSA) is 34.9 Å². The van der Waals surface area contributed by atoms with E-state index in [0.29, 0.717) is 6.42 Å². The second-order valence-electron chi connectivity index (χ2n) is 6.08. The molecule has 0 N–H and O–H groups in total. The number of aromatic nitrogens is 2. The van der Waals surface area contributed by atoms with Crippen molar-refractivity contribution in [1.29, 1.82) is 0 Å². The van der Waals surface area contributed by atoms with Crippen LogP contribution in [-0.2, 0) is 0 Å². The van der Waals surface area contributed by atoms with Gasteiger partial charge in [-0.25, -0.2) is 4.98 Å². The van der Waals surface area contributed by atoms with Crippen molar-refractivity contribution in [2.75, 3.05) is 0 Å². The number of imidazole rings is 1. The van der Waals surface area contributed by atoms with E-state index in [9.17, 15) is 4.79 Å². The van der Waals surface area contributed by atoms with Gasteiger partial charge in [0.2, 0.25) is 5.91 Å². The standard InChI is InChI=1S/C22H18N2O/c25-22(24-16-23-20-13-7-8-14-21(20)24)15-19(17-9-3-1-4-10-17)18-11-5-2-6-12-18/h1-14,16,19H,15H2. The van der Waals surface area contributed by atoms with Gasteiger partial charge in [-0.05, 0) is 23.3 Å².